The van der Waals surface area contributed by atoms with Gasteiger partial charge in [-0.15, -0.1) is 59.7 Å². The first-order valence-corrected chi connectivity index (χ1v) is 21.1. The quantitative estimate of drug-likeness (QED) is 0.130. The third kappa shape index (κ3) is 7.29. The van der Waals surface area contributed by atoms with Crippen molar-refractivity contribution >= 4 is 44.8 Å². The molecule has 7 heteroatoms. The van der Waals surface area contributed by atoms with Crippen LogP contribution in [0.1, 0.15) is 35.1 Å². The van der Waals surface area contributed by atoms with Crippen molar-refractivity contribution in [3.63, 3.8) is 0 Å². The van der Waals surface area contributed by atoms with E-state index in [0.29, 0.717) is 5.56 Å². The van der Waals surface area contributed by atoms with Crippen molar-refractivity contribution in [2.45, 2.75) is 59.2 Å². The molecule has 50 heavy (non-hydrogen) atoms. The fourth-order valence-corrected chi connectivity index (χ4v) is 9.54. The van der Waals surface area contributed by atoms with Gasteiger partial charge in [-0.3, -0.25) is 0 Å². The Morgan fingerprint density at radius 3 is 2.24 bits per heavy atom. The summed E-state index contributed by atoms with van der Waals surface area (Å²) >= 11 is 1.71. The van der Waals surface area contributed by atoms with Crippen LogP contribution in [0, 0.1) is 37.6 Å². The van der Waals surface area contributed by atoms with Crippen molar-refractivity contribution in [2.75, 3.05) is 0 Å². The summed E-state index contributed by atoms with van der Waals surface area (Å²) < 4.78 is 30.6. The molecule has 0 saturated heterocycles. The molecule has 1 aliphatic rings. The molecular formula is C43H38F2IrN2SSi-2. The molecule has 0 fully saturated rings. The van der Waals surface area contributed by atoms with Crippen LogP contribution in [-0.2, 0) is 32.9 Å². The molecule has 0 atom stereocenters. The van der Waals surface area contributed by atoms with Gasteiger partial charge in [-0.05, 0) is 108 Å². The summed E-state index contributed by atoms with van der Waals surface area (Å²) in [5.74, 6) is -1.04. The Morgan fingerprint density at radius 2 is 1.52 bits per heavy atom. The van der Waals surface area contributed by atoms with Crippen molar-refractivity contribution in [1.29, 1.82) is 0 Å². The molecule has 3 aromatic heterocycles. The molecule has 0 unspecified atom stereocenters. The van der Waals surface area contributed by atoms with Crippen LogP contribution in [0.25, 0.3) is 53.8 Å². The first kappa shape index (κ1) is 35.9. The summed E-state index contributed by atoms with van der Waals surface area (Å²) in [5, 5.41) is 3.66. The summed E-state index contributed by atoms with van der Waals surface area (Å²) in [6.07, 6.45) is 8.56. The average molecular weight is 873 g/mol. The monoisotopic (exact) mass is 873 g/mol. The van der Waals surface area contributed by atoms with Crippen LogP contribution in [-0.4, -0.2) is 18.0 Å². The van der Waals surface area contributed by atoms with Gasteiger partial charge < -0.3 is 9.97 Å². The Hall–Kier alpha value is -3.87. The molecular weight excluding hydrogens is 835 g/mol. The third-order valence-corrected chi connectivity index (χ3v) is 12.7. The van der Waals surface area contributed by atoms with E-state index in [-0.39, 0.29) is 25.7 Å². The molecule has 0 saturated carbocycles. The zero-order valence-corrected chi connectivity index (χ0v) is 33.1. The predicted octanol–water partition coefficient (Wildman–Crippen LogP) is 11.4. The number of aromatic nitrogens is 2. The molecule has 2 nitrogen and oxygen atoms in total. The Labute approximate surface area is 312 Å². The molecule has 1 aliphatic carbocycles. The van der Waals surface area contributed by atoms with Crippen molar-refractivity contribution in [3.05, 3.63) is 137 Å². The predicted molar refractivity (Wildman–Crippen MR) is 204 cm³/mol. The number of hydrogen-bond donors (Lipinski definition) is 0. The molecule has 0 N–H and O–H groups in total. The summed E-state index contributed by atoms with van der Waals surface area (Å²) in [6.45, 7) is 10.7. The first-order chi connectivity index (χ1) is 23.6. The number of nitrogens with zero attached hydrogens (tertiary/aromatic N) is 2. The second-order valence-corrected chi connectivity index (χ2v) is 20.0. The number of pyridine rings is 2. The number of halogens is 2. The normalized spacial score (nSPS) is 12.6. The minimum Gasteiger partial charge on any atom is -0.305 e. The number of aryl methyl sites for hydroxylation is 2. The van der Waals surface area contributed by atoms with E-state index in [1.807, 2.05) is 48.7 Å². The number of fused-ring (bicyclic) bond motifs is 4. The maximum atomic E-state index is 14.2. The van der Waals surface area contributed by atoms with Gasteiger partial charge in [0.05, 0.1) is 8.07 Å². The smallest absolute Gasteiger partial charge is 0.129 e. The molecule has 0 spiro atoms. The molecule has 7 aromatic rings. The van der Waals surface area contributed by atoms with Crippen LogP contribution in [0.15, 0.2) is 91.3 Å². The van der Waals surface area contributed by atoms with Crippen molar-refractivity contribution < 1.29 is 28.9 Å². The van der Waals surface area contributed by atoms with E-state index in [0.717, 1.165) is 61.1 Å². The zero-order chi connectivity index (χ0) is 34.3. The van der Waals surface area contributed by atoms with E-state index in [2.05, 4.69) is 74.1 Å². The second kappa shape index (κ2) is 14.8. The number of thiophene rings is 1. The van der Waals surface area contributed by atoms with Gasteiger partial charge in [-0.1, -0.05) is 53.9 Å². The fraction of sp³-hybridized carbons (Fsp3) is 0.209. The summed E-state index contributed by atoms with van der Waals surface area (Å²) in [5.41, 5.74) is 9.63. The Balaban J connectivity index is 0.000000204. The summed E-state index contributed by atoms with van der Waals surface area (Å²) in [4.78, 5) is 9.29. The molecule has 0 amide bonds. The molecule has 1 radical (unpaired) electrons. The van der Waals surface area contributed by atoms with Crippen LogP contribution in [0.5, 0.6) is 0 Å². The van der Waals surface area contributed by atoms with E-state index in [4.69, 9.17) is 4.98 Å². The van der Waals surface area contributed by atoms with Crippen molar-refractivity contribution in [3.8, 4) is 33.6 Å². The van der Waals surface area contributed by atoms with Crippen molar-refractivity contribution in [2.24, 2.45) is 0 Å². The van der Waals surface area contributed by atoms with Gasteiger partial charge in [0, 0.05) is 42.8 Å². The third-order valence-electron chi connectivity index (χ3n) is 9.45. The standard InChI is InChI=1S/C28H20F2NS.C15H18NSi.Ir/c1-16-24(29)14-20(15-25(16)30)18-6-8-26-22(12-18)23-13-19(7-9-27(23)32-26)28-21-5-3-2-4-17(21)10-11-31-28;1-12-10-14(13-8-6-5-7-9-13)16-11-15(12)17(2,3)4;/h6,8-15H,2-5H2,1H3;5-8,10-11H,1-4H3;/q2*-1;. The Kier molecular flexibility index (Phi) is 10.6. The molecule has 0 bridgehead atoms. The van der Waals surface area contributed by atoms with E-state index in [1.165, 1.54) is 53.8 Å². The van der Waals surface area contributed by atoms with Gasteiger partial charge >= 0.3 is 0 Å². The van der Waals surface area contributed by atoms with Crippen LogP contribution < -0.4 is 5.19 Å². The van der Waals surface area contributed by atoms with E-state index in [9.17, 15) is 8.78 Å². The number of hydrogen-bond acceptors (Lipinski definition) is 3. The van der Waals surface area contributed by atoms with E-state index in [1.54, 1.807) is 11.3 Å². The minimum absolute atomic E-state index is 0. The minimum atomic E-state index is -1.27. The molecule has 0 aliphatic heterocycles. The molecule has 8 rings (SSSR count). The Morgan fingerprint density at radius 1 is 0.760 bits per heavy atom. The number of benzene rings is 4. The van der Waals surface area contributed by atoms with E-state index < -0.39 is 19.7 Å². The van der Waals surface area contributed by atoms with Crippen LogP contribution in [0.3, 0.4) is 0 Å². The fourth-order valence-electron chi connectivity index (χ4n) is 6.79. The summed E-state index contributed by atoms with van der Waals surface area (Å²) in [6, 6.07) is 32.0. The first-order valence-electron chi connectivity index (χ1n) is 16.8. The van der Waals surface area contributed by atoms with Gasteiger partial charge in [0.1, 0.15) is 11.6 Å². The molecule has 255 valence electrons. The van der Waals surface area contributed by atoms with Crippen LogP contribution in [0.4, 0.5) is 8.78 Å². The number of rotatable bonds is 4. The van der Waals surface area contributed by atoms with E-state index >= 15 is 0 Å². The van der Waals surface area contributed by atoms with Crippen LogP contribution >= 0.6 is 11.3 Å². The Bertz CT molecular complexity index is 2310. The topological polar surface area (TPSA) is 25.8 Å². The largest absolute Gasteiger partial charge is 0.305 e. The van der Waals surface area contributed by atoms with Crippen LogP contribution in [0.2, 0.25) is 19.6 Å². The zero-order valence-electron chi connectivity index (χ0n) is 28.9. The van der Waals surface area contributed by atoms with Gasteiger partial charge in [0.25, 0.3) is 0 Å². The molecule has 4 aromatic carbocycles. The van der Waals surface area contributed by atoms with Crippen molar-refractivity contribution in [1.82, 2.24) is 9.97 Å². The van der Waals surface area contributed by atoms with Gasteiger partial charge in [-0.2, -0.15) is 11.3 Å². The molecule has 3 heterocycles. The summed E-state index contributed by atoms with van der Waals surface area (Å²) in [7, 11) is -1.27. The van der Waals surface area contributed by atoms with Gasteiger partial charge in [-0.25, -0.2) is 8.78 Å². The second-order valence-electron chi connectivity index (χ2n) is 13.9. The van der Waals surface area contributed by atoms with Gasteiger partial charge in [0.15, 0.2) is 0 Å². The van der Waals surface area contributed by atoms with Gasteiger partial charge in [0.2, 0.25) is 0 Å². The SMILES string of the molecule is Cc1c(F)cc(-c2ccc3sc4c[c-]c(-c5nccc6c5CCCC6)cc4c3c2)cc1F.Cc1cc(-c2[c-]cccc2)ncc1[Si](C)(C)C.[Ir]. The maximum absolute atomic E-state index is 14.2. The average Bonchev–Trinajstić information content (AvgIpc) is 3.47. The maximum Gasteiger partial charge on any atom is 0.129 e.